The fourth-order valence-electron chi connectivity index (χ4n) is 3.36. The smallest absolute Gasteiger partial charge is 0.226 e. The third kappa shape index (κ3) is 4.66. The molecule has 0 radical (unpaired) electrons. The van der Waals surface area contributed by atoms with Gasteiger partial charge in [-0.15, -0.1) is 0 Å². The predicted octanol–water partition coefficient (Wildman–Crippen LogP) is 2.95. The molecule has 6 nitrogen and oxygen atoms in total. The molecular formula is C23H23N5O. The Morgan fingerprint density at radius 1 is 1.14 bits per heavy atom. The van der Waals surface area contributed by atoms with Crippen LogP contribution in [0.4, 0.5) is 0 Å². The largest absolute Gasteiger partial charge is 0.366 e. The first-order valence-electron chi connectivity index (χ1n) is 9.69. The lowest BCUT2D eigenvalue weighted by Gasteiger charge is -2.14. The topological polar surface area (TPSA) is 79.3 Å². The molecule has 0 unspecified atom stereocenters. The Kier molecular flexibility index (Phi) is 5.61. The second-order valence-corrected chi connectivity index (χ2v) is 7.09. The molecule has 0 saturated carbocycles. The molecule has 6 heteroatoms. The number of nitrogens with one attached hydrogen (secondary N) is 2. The first-order chi connectivity index (χ1) is 14.2. The Hall–Kier alpha value is -3.54. The number of aliphatic imine (C=N–C) groups is 1. The van der Waals surface area contributed by atoms with Crippen LogP contribution in [0.2, 0.25) is 0 Å². The molecule has 4 rings (SSSR count). The van der Waals surface area contributed by atoms with E-state index in [1.807, 2.05) is 61.7 Å². The number of pyridine rings is 2. The lowest BCUT2D eigenvalue weighted by atomic mass is 10.1. The summed E-state index contributed by atoms with van der Waals surface area (Å²) in [6.45, 7) is 3.24. The van der Waals surface area contributed by atoms with Crippen molar-refractivity contribution in [3.63, 3.8) is 0 Å². The van der Waals surface area contributed by atoms with Crippen molar-refractivity contribution in [1.82, 2.24) is 20.6 Å². The molecule has 1 aliphatic heterocycles. The molecule has 3 heterocycles. The number of benzene rings is 1. The van der Waals surface area contributed by atoms with Crippen molar-refractivity contribution in [2.24, 2.45) is 4.99 Å². The van der Waals surface area contributed by atoms with Crippen LogP contribution < -0.4 is 10.6 Å². The molecule has 3 aromatic rings. The molecule has 29 heavy (non-hydrogen) atoms. The zero-order chi connectivity index (χ0) is 20.1. The van der Waals surface area contributed by atoms with Crippen LogP contribution in [0.3, 0.4) is 0 Å². The molecule has 2 N–H and O–H groups in total. The van der Waals surface area contributed by atoms with Crippen molar-refractivity contribution in [3.05, 3.63) is 95.1 Å². The molecule has 1 aromatic carbocycles. The fraction of sp³-hybridized carbons (Fsp3) is 0.217. The van der Waals surface area contributed by atoms with E-state index in [4.69, 9.17) is 0 Å². The summed E-state index contributed by atoms with van der Waals surface area (Å²) >= 11 is 0. The second kappa shape index (κ2) is 8.65. The van der Waals surface area contributed by atoms with Crippen molar-refractivity contribution < 1.29 is 4.79 Å². The van der Waals surface area contributed by atoms with E-state index >= 15 is 0 Å². The number of amidine groups is 1. The van der Waals surface area contributed by atoms with E-state index in [2.05, 4.69) is 25.6 Å². The van der Waals surface area contributed by atoms with Gasteiger partial charge >= 0.3 is 0 Å². The van der Waals surface area contributed by atoms with Gasteiger partial charge in [0.25, 0.3) is 0 Å². The van der Waals surface area contributed by atoms with Gasteiger partial charge in [0.2, 0.25) is 5.91 Å². The number of nitrogens with zero attached hydrogens (tertiary/aromatic N) is 3. The average Bonchev–Trinajstić information content (AvgIpc) is 3.15. The molecule has 146 valence electrons. The molecule has 0 spiro atoms. The summed E-state index contributed by atoms with van der Waals surface area (Å²) in [5, 5.41) is 6.38. The number of amides is 1. The Morgan fingerprint density at radius 2 is 2.00 bits per heavy atom. The molecule has 2 aromatic heterocycles. The third-order valence-corrected chi connectivity index (χ3v) is 4.91. The first kappa shape index (κ1) is 18.8. The molecular weight excluding hydrogens is 362 g/mol. The van der Waals surface area contributed by atoms with Crippen LogP contribution in [0.15, 0.2) is 72.1 Å². The van der Waals surface area contributed by atoms with Gasteiger partial charge in [-0.25, -0.2) is 0 Å². The van der Waals surface area contributed by atoms with Crippen LogP contribution in [0.1, 0.15) is 40.9 Å². The maximum Gasteiger partial charge on any atom is 0.226 e. The van der Waals surface area contributed by atoms with E-state index in [-0.39, 0.29) is 18.4 Å². The summed E-state index contributed by atoms with van der Waals surface area (Å²) in [5.74, 6) is 0.799. The number of fused-ring (bicyclic) bond motifs is 1. The first-order valence-corrected chi connectivity index (χ1v) is 9.69. The van der Waals surface area contributed by atoms with Gasteiger partial charge < -0.3 is 10.6 Å². The van der Waals surface area contributed by atoms with Crippen LogP contribution in [0.25, 0.3) is 0 Å². The SMILES string of the molecule is C[C@@H](NC(=O)Cc1cc2c(cn1)C(NCc1cccnc1)=NC2)c1ccccc1. The van der Waals surface area contributed by atoms with Gasteiger partial charge in [-0.3, -0.25) is 19.8 Å². The number of carbonyl (C=O) groups is 1. The Morgan fingerprint density at radius 3 is 2.79 bits per heavy atom. The molecule has 0 bridgehead atoms. The zero-order valence-electron chi connectivity index (χ0n) is 16.3. The summed E-state index contributed by atoms with van der Waals surface area (Å²) in [4.78, 5) is 25.6. The highest BCUT2D eigenvalue weighted by Crippen LogP contribution is 2.19. The molecule has 0 saturated heterocycles. The van der Waals surface area contributed by atoms with Crippen molar-refractivity contribution in [3.8, 4) is 0 Å². The van der Waals surface area contributed by atoms with Gasteiger partial charge in [-0.05, 0) is 35.7 Å². The quantitative estimate of drug-likeness (QED) is 0.684. The summed E-state index contributed by atoms with van der Waals surface area (Å²) in [6, 6.07) is 15.8. The Labute approximate surface area is 170 Å². The van der Waals surface area contributed by atoms with Gasteiger partial charge in [-0.1, -0.05) is 36.4 Å². The van der Waals surface area contributed by atoms with E-state index in [9.17, 15) is 4.79 Å². The Bertz CT molecular complexity index is 1020. The minimum absolute atomic E-state index is 0.0373. The minimum Gasteiger partial charge on any atom is -0.366 e. The lowest BCUT2D eigenvalue weighted by Crippen LogP contribution is -2.28. The van der Waals surface area contributed by atoms with Gasteiger partial charge in [-0.2, -0.15) is 0 Å². The summed E-state index contributed by atoms with van der Waals surface area (Å²) in [7, 11) is 0. The standard InChI is InChI=1S/C23H23N5O/c1-16(18-7-3-2-4-8-18)28-22(29)11-20-10-19-14-27-23(21(19)15-25-20)26-13-17-6-5-9-24-12-17/h2-10,12,15-16H,11,13-14H2,1H3,(H,26,27)(H,28,29)/t16-/m1/s1. The van der Waals surface area contributed by atoms with E-state index < -0.39 is 0 Å². The van der Waals surface area contributed by atoms with Crippen molar-refractivity contribution in [1.29, 1.82) is 0 Å². The van der Waals surface area contributed by atoms with Crippen molar-refractivity contribution in [2.45, 2.75) is 32.5 Å². The number of hydrogen-bond donors (Lipinski definition) is 2. The van der Waals surface area contributed by atoms with E-state index in [1.165, 1.54) is 0 Å². The van der Waals surface area contributed by atoms with Gasteiger partial charge in [0.15, 0.2) is 0 Å². The number of carbonyl (C=O) groups excluding carboxylic acids is 1. The maximum absolute atomic E-state index is 12.4. The molecule has 1 atom stereocenters. The lowest BCUT2D eigenvalue weighted by molar-refractivity contribution is -0.121. The summed E-state index contributed by atoms with van der Waals surface area (Å²) < 4.78 is 0. The average molecular weight is 385 g/mol. The number of rotatable bonds is 6. The molecule has 1 amide bonds. The highest BCUT2D eigenvalue weighted by molar-refractivity contribution is 6.01. The van der Waals surface area contributed by atoms with E-state index in [1.54, 1.807) is 12.4 Å². The number of hydrogen-bond acceptors (Lipinski definition) is 5. The van der Waals surface area contributed by atoms with Crippen LogP contribution in [-0.2, 0) is 24.3 Å². The van der Waals surface area contributed by atoms with Gasteiger partial charge in [0.1, 0.15) is 5.84 Å². The van der Waals surface area contributed by atoms with E-state index in [0.717, 1.165) is 33.8 Å². The van der Waals surface area contributed by atoms with Crippen LogP contribution in [-0.4, -0.2) is 21.7 Å². The van der Waals surface area contributed by atoms with Gasteiger partial charge in [0.05, 0.1) is 24.7 Å². The van der Waals surface area contributed by atoms with Gasteiger partial charge in [0, 0.05) is 30.7 Å². The maximum atomic E-state index is 12.4. The van der Waals surface area contributed by atoms with Crippen LogP contribution in [0, 0.1) is 0 Å². The molecule has 0 fully saturated rings. The summed E-state index contributed by atoms with van der Waals surface area (Å²) in [6.07, 6.45) is 5.65. The minimum atomic E-state index is -0.0392. The molecule has 1 aliphatic rings. The number of aromatic nitrogens is 2. The third-order valence-electron chi connectivity index (χ3n) is 4.91. The summed E-state index contributed by atoms with van der Waals surface area (Å²) in [5.41, 5.74) is 5.02. The Balaban J connectivity index is 1.35. The van der Waals surface area contributed by atoms with Crippen molar-refractivity contribution >= 4 is 11.7 Å². The van der Waals surface area contributed by atoms with E-state index in [0.29, 0.717) is 13.1 Å². The predicted molar refractivity (Wildman–Crippen MR) is 112 cm³/mol. The second-order valence-electron chi connectivity index (χ2n) is 7.09. The normalized spacial score (nSPS) is 13.3. The zero-order valence-corrected chi connectivity index (χ0v) is 16.3. The molecule has 0 aliphatic carbocycles. The fourth-order valence-corrected chi connectivity index (χ4v) is 3.36. The van der Waals surface area contributed by atoms with Crippen molar-refractivity contribution in [2.75, 3.05) is 0 Å². The highest BCUT2D eigenvalue weighted by Gasteiger charge is 2.18. The highest BCUT2D eigenvalue weighted by atomic mass is 16.1. The van der Waals surface area contributed by atoms with Crippen LogP contribution >= 0.6 is 0 Å². The monoisotopic (exact) mass is 385 g/mol. The van der Waals surface area contributed by atoms with Crippen LogP contribution in [0.5, 0.6) is 0 Å².